The van der Waals surface area contributed by atoms with Crippen LogP contribution in [0.1, 0.15) is 51.4 Å². The number of hydrogen-bond acceptors (Lipinski definition) is 8. The minimum absolute atomic E-state index is 0.348. The zero-order chi connectivity index (χ0) is 22.5. The van der Waals surface area contributed by atoms with E-state index in [-0.39, 0.29) is 5.75 Å². The molecule has 3 N–H and O–H groups in total. The smallest absolute Gasteiger partial charge is 0.233 e. The molecule has 2 aromatic rings. The molecule has 1 aliphatic heterocycles. The van der Waals surface area contributed by atoms with Crippen molar-refractivity contribution in [1.29, 1.82) is 0 Å². The molecule has 8 nitrogen and oxygen atoms in total. The molecular weight excluding hydrogens is 409 g/mol. The predicted molar refractivity (Wildman–Crippen MR) is 125 cm³/mol. The number of benzene rings is 1. The quantitative estimate of drug-likeness (QED) is 0.454. The number of likely N-dealkylation sites (tertiary alicyclic amines) is 1. The third kappa shape index (κ3) is 5.76. The van der Waals surface area contributed by atoms with Crippen LogP contribution >= 0.6 is 0 Å². The Morgan fingerprint density at radius 2 is 1.69 bits per heavy atom. The first-order valence-corrected chi connectivity index (χ1v) is 11.7. The summed E-state index contributed by atoms with van der Waals surface area (Å²) in [5.74, 6) is 0.431. The maximum atomic E-state index is 13.8. The Balaban J connectivity index is 1.58. The number of anilines is 4. The summed E-state index contributed by atoms with van der Waals surface area (Å²) in [4.78, 5) is 18.4. The van der Waals surface area contributed by atoms with Crippen LogP contribution in [0.5, 0.6) is 5.75 Å². The van der Waals surface area contributed by atoms with Crippen molar-refractivity contribution < 1.29 is 9.50 Å². The normalized spacial score (nSPS) is 18.8. The Labute approximate surface area is 189 Å². The topological polar surface area (TPSA) is 89.4 Å². The van der Waals surface area contributed by atoms with Crippen LogP contribution in [0.2, 0.25) is 0 Å². The van der Waals surface area contributed by atoms with Crippen molar-refractivity contribution in [2.75, 3.05) is 42.7 Å². The van der Waals surface area contributed by atoms with Crippen molar-refractivity contribution in [3.63, 3.8) is 0 Å². The standard InChI is InChI=1S/C23H34FN7O/c1-30-13-11-18(12-14-30)31(2)23-28-21(25-16-7-5-3-4-6-8-16)27-22(29-23)26-17-9-10-20(32)19(24)15-17/h9-10,15-16,18,32H,3-8,11-14H2,1-2H3,(H2,25,26,27,28,29). The fourth-order valence-corrected chi connectivity index (χ4v) is 4.51. The molecule has 0 unspecified atom stereocenters. The summed E-state index contributed by atoms with van der Waals surface area (Å²) in [6.45, 7) is 2.09. The fraction of sp³-hybridized carbons (Fsp3) is 0.609. The highest BCUT2D eigenvalue weighted by molar-refractivity contribution is 5.57. The molecule has 0 spiro atoms. The second-order valence-electron chi connectivity index (χ2n) is 9.05. The summed E-state index contributed by atoms with van der Waals surface area (Å²) in [6.07, 6.45) is 9.30. The molecule has 2 aliphatic rings. The number of nitrogens with one attached hydrogen (secondary N) is 2. The van der Waals surface area contributed by atoms with E-state index in [1.54, 1.807) is 6.07 Å². The first-order valence-electron chi connectivity index (χ1n) is 11.7. The minimum Gasteiger partial charge on any atom is -0.505 e. The predicted octanol–water partition coefficient (Wildman–Crippen LogP) is 4.13. The van der Waals surface area contributed by atoms with Crippen LogP contribution in [0, 0.1) is 5.82 Å². The highest BCUT2D eigenvalue weighted by Gasteiger charge is 2.24. The van der Waals surface area contributed by atoms with Gasteiger partial charge < -0.3 is 25.5 Å². The van der Waals surface area contributed by atoms with Crippen molar-refractivity contribution in [1.82, 2.24) is 19.9 Å². The second-order valence-corrected chi connectivity index (χ2v) is 9.05. The largest absolute Gasteiger partial charge is 0.505 e. The molecule has 0 amide bonds. The van der Waals surface area contributed by atoms with E-state index < -0.39 is 5.82 Å². The highest BCUT2D eigenvalue weighted by atomic mass is 19.1. The van der Waals surface area contributed by atoms with E-state index in [1.807, 2.05) is 7.05 Å². The first-order chi connectivity index (χ1) is 15.5. The Hall–Kier alpha value is -2.68. The molecule has 9 heteroatoms. The van der Waals surface area contributed by atoms with Gasteiger partial charge in [0.25, 0.3) is 0 Å². The molecule has 2 fully saturated rings. The van der Waals surface area contributed by atoms with Crippen LogP contribution in [0.3, 0.4) is 0 Å². The number of nitrogens with zero attached hydrogens (tertiary/aromatic N) is 5. The Morgan fingerprint density at radius 1 is 1.00 bits per heavy atom. The van der Waals surface area contributed by atoms with Gasteiger partial charge in [-0.15, -0.1) is 0 Å². The van der Waals surface area contributed by atoms with Crippen molar-refractivity contribution in [3.05, 3.63) is 24.0 Å². The maximum absolute atomic E-state index is 13.8. The van der Waals surface area contributed by atoms with Crippen LogP contribution < -0.4 is 15.5 Å². The highest BCUT2D eigenvalue weighted by Crippen LogP contribution is 2.26. The Bertz CT molecular complexity index is 896. The number of aromatic hydroxyl groups is 1. The lowest BCUT2D eigenvalue weighted by Crippen LogP contribution is -2.42. The van der Waals surface area contributed by atoms with Crippen LogP contribution in [0.4, 0.5) is 27.9 Å². The lowest BCUT2D eigenvalue weighted by molar-refractivity contribution is 0.252. The van der Waals surface area contributed by atoms with Gasteiger partial charge in [-0.05, 0) is 58.0 Å². The molecule has 0 bridgehead atoms. The molecule has 1 aromatic carbocycles. The number of aromatic nitrogens is 3. The van der Waals surface area contributed by atoms with E-state index >= 15 is 0 Å². The van der Waals surface area contributed by atoms with Gasteiger partial charge in [-0.2, -0.15) is 15.0 Å². The van der Waals surface area contributed by atoms with Gasteiger partial charge in [-0.1, -0.05) is 25.7 Å². The van der Waals surface area contributed by atoms with E-state index in [1.165, 1.54) is 37.8 Å². The Kier molecular flexibility index (Phi) is 7.24. The molecule has 4 rings (SSSR count). The number of rotatable bonds is 6. The first kappa shape index (κ1) is 22.5. The number of halogens is 1. The Morgan fingerprint density at radius 3 is 2.38 bits per heavy atom. The molecule has 174 valence electrons. The van der Waals surface area contributed by atoms with E-state index in [0.29, 0.717) is 35.6 Å². The average Bonchev–Trinajstić information content (AvgIpc) is 3.05. The molecule has 1 saturated carbocycles. The van der Waals surface area contributed by atoms with Crippen molar-refractivity contribution in [2.24, 2.45) is 0 Å². The number of piperidine rings is 1. The second kappa shape index (κ2) is 10.3. The number of phenols is 1. The van der Waals surface area contributed by atoms with E-state index in [2.05, 4.69) is 37.4 Å². The number of phenolic OH excluding ortho intramolecular Hbond substituents is 1. The monoisotopic (exact) mass is 443 g/mol. The van der Waals surface area contributed by atoms with Crippen LogP contribution in [0.15, 0.2) is 18.2 Å². The van der Waals surface area contributed by atoms with E-state index in [0.717, 1.165) is 38.8 Å². The summed E-state index contributed by atoms with van der Waals surface area (Å²) in [5, 5.41) is 16.1. The van der Waals surface area contributed by atoms with Crippen molar-refractivity contribution >= 4 is 23.5 Å². The number of hydrogen-bond donors (Lipinski definition) is 3. The van der Waals surface area contributed by atoms with Crippen LogP contribution in [-0.4, -0.2) is 64.2 Å². The van der Waals surface area contributed by atoms with Gasteiger partial charge in [0.2, 0.25) is 17.8 Å². The van der Waals surface area contributed by atoms with Gasteiger partial charge >= 0.3 is 0 Å². The third-order valence-electron chi connectivity index (χ3n) is 6.57. The third-order valence-corrected chi connectivity index (χ3v) is 6.57. The van der Waals surface area contributed by atoms with Crippen molar-refractivity contribution in [2.45, 2.75) is 63.5 Å². The lowest BCUT2D eigenvalue weighted by Gasteiger charge is -2.35. The summed E-state index contributed by atoms with van der Waals surface area (Å²) in [5.41, 5.74) is 0.472. The van der Waals surface area contributed by atoms with Gasteiger partial charge in [0.05, 0.1) is 0 Å². The maximum Gasteiger partial charge on any atom is 0.233 e. The molecule has 2 heterocycles. The summed E-state index contributed by atoms with van der Waals surface area (Å²) in [7, 11) is 4.18. The molecule has 0 radical (unpaired) electrons. The van der Waals surface area contributed by atoms with Gasteiger partial charge in [-0.25, -0.2) is 4.39 Å². The molecule has 0 atom stereocenters. The van der Waals surface area contributed by atoms with Crippen molar-refractivity contribution in [3.8, 4) is 5.75 Å². The molecular formula is C23H34FN7O. The van der Waals surface area contributed by atoms with Gasteiger partial charge in [0, 0.05) is 30.9 Å². The zero-order valence-corrected chi connectivity index (χ0v) is 19.0. The van der Waals surface area contributed by atoms with Gasteiger partial charge in [-0.3, -0.25) is 0 Å². The molecule has 1 aliphatic carbocycles. The zero-order valence-electron chi connectivity index (χ0n) is 19.0. The SMILES string of the molecule is CN1CCC(N(C)c2nc(Nc3ccc(O)c(F)c3)nc(NC3CCCCCC3)n2)CC1. The summed E-state index contributed by atoms with van der Waals surface area (Å²) >= 11 is 0. The lowest BCUT2D eigenvalue weighted by atomic mass is 10.0. The van der Waals surface area contributed by atoms with Gasteiger partial charge in [0.1, 0.15) is 0 Å². The van der Waals surface area contributed by atoms with E-state index in [4.69, 9.17) is 4.98 Å². The summed E-state index contributed by atoms with van der Waals surface area (Å²) in [6, 6.07) is 4.85. The van der Waals surface area contributed by atoms with Gasteiger partial charge in [0.15, 0.2) is 11.6 Å². The average molecular weight is 444 g/mol. The molecule has 1 saturated heterocycles. The summed E-state index contributed by atoms with van der Waals surface area (Å²) < 4.78 is 13.8. The molecule has 32 heavy (non-hydrogen) atoms. The minimum atomic E-state index is -0.690. The van der Waals surface area contributed by atoms with Crippen LogP contribution in [-0.2, 0) is 0 Å². The fourth-order valence-electron chi connectivity index (χ4n) is 4.51. The van der Waals surface area contributed by atoms with E-state index in [9.17, 15) is 9.50 Å². The molecule has 1 aromatic heterocycles. The van der Waals surface area contributed by atoms with Crippen LogP contribution in [0.25, 0.3) is 0 Å².